The molecule has 1 N–H and O–H groups in total. The second kappa shape index (κ2) is 4.93. The molecule has 1 aliphatic rings. The Morgan fingerprint density at radius 3 is 2.56 bits per heavy atom. The zero-order valence-electron chi connectivity index (χ0n) is 9.40. The highest BCUT2D eigenvalue weighted by Gasteiger charge is 2.46. The Morgan fingerprint density at radius 2 is 2.06 bits per heavy atom. The van der Waals surface area contributed by atoms with Crippen LogP contribution in [0.4, 0.5) is 0 Å². The maximum absolute atomic E-state index is 11.6. The molecule has 1 atom stereocenters. The molecule has 1 heterocycles. The molecule has 0 saturated heterocycles. The molecule has 7 heteroatoms. The van der Waals surface area contributed by atoms with Crippen molar-refractivity contribution in [2.24, 2.45) is 5.10 Å². The van der Waals surface area contributed by atoms with Gasteiger partial charge in [-0.05, 0) is 0 Å². The summed E-state index contributed by atoms with van der Waals surface area (Å²) in [6, 6.07) is 0. The normalized spacial score (nSPS) is 23.3. The molecule has 0 bridgehead atoms. The van der Waals surface area contributed by atoms with E-state index in [0.29, 0.717) is 0 Å². The van der Waals surface area contributed by atoms with Crippen molar-refractivity contribution in [3.63, 3.8) is 0 Å². The van der Waals surface area contributed by atoms with Gasteiger partial charge in [-0.25, -0.2) is 9.59 Å². The van der Waals surface area contributed by atoms with Gasteiger partial charge in [-0.1, -0.05) is 0 Å². The molecular weight excluding hydrogens is 216 g/mol. The number of ether oxygens (including phenoxy) is 3. The number of methoxy groups -OCH3 is 3. The van der Waals surface area contributed by atoms with Crippen LogP contribution < -0.4 is 5.43 Å². The fraction of sp³-hybridized carbons (Fsp3) is 0.667. The standard InChI is InChI=1S/C9H14N2O5/c1-14-5-9(8(13)16-3)4-6(10-11-9)7(12)15-2/h11H,4-5H2,1-3H3/t9-/m1/s1. The molecule has 0 amide bonds. The third-order valence-electron chi connectivity index (χ3n) is 2.26. The summed E-state index contributed by atoms with van der Waals surface area (Å²) in [5, 5.41) is 3.76. The van der Waals surface area contributed by atoms with Crippen molar-refractivity contribution >= 4 is 17.7 Å². The lowest BCUT2D eigenvalue weighted by Crippen LogP contribution is -2.52. The maximum atomic E-state index is 11.6. The Hall–Kier alpha value is -1.63. The quantitative estimate of drug-likeness (QED) is 0.628. The second-order valence-electron chi connectivity index (χ2n) is 3.35. The summed E-state index contributed by atoms with van der Waals surface area (Å²) in [5.41, 5.74) is 1.59. The van der Waals surface area contributed by atoms with Crippen molar-refractivity contribution in [3.05, 3.63) is 0 Å². The summed E-state index contributed by atoms with van der Waals surface area (Å²) in [7, 11) is 3.96. The highest BCUT2D eigenvalue weighted by molar-refractivity contribution is 6.37. The van der Waals surface area contributed by atoms with E-state index in [-0.39, 0.29) is 18.7 Å². The van der Waals surface area contributed by atoms with Gasteiger partial charge in [-0.15, -0.1) is 0 Å². The Kier molecular flexibility index (Phi) is 3.83. The number of hydrogen-bond donors (Lipinski definition) is 1. The fourth-order valence-electron chi connectivity index (χ4n) is 1.48. The van der Waals surface area contributed by atoms with E-state index in [4.69, 9.17) is 4.74 Å². The number of hydrogen-bond acceptors (Lipinski definition) is 7. The highest BCUT2D eigenvalue weighted by Crippen LogP contribution is 2.20. The van der Waals surface area contributed by atoms with E-state index in [2.05, 4.69) is 20.0 Å². The van der Waals surface area contributed by atoms with Gasteiger partial charge in [0.15, 0.2) is 5.54 Å². The summed E-state index contributed by atoms with van der Waals surface area (Å²) in [5.74, 6) is -1.11. The van der Waals surface area contributed by atoms with Crippen LogP contribution in [0, 0.1) is 0 Å². The summed E-state index contributed by atoms with van der Waals surface area (Å²) < 4.78 is 14.1. The van der Waals surface area contributed by atoms with Gasteiger partial charge < -0.3 is 14.2 Å². The molecule has 16 heavy (non-hydrogen) atoms. The van der Waals surface area contributed by atoms with Crippen LogP contribution in [0.15, 0.2) is 5.10 Å². The van der Waals surface area contributed by atoms with E-state index in [9.17, 15) is 9.59 Å². The first kappa shape index (κ1) is 12.4. The first-order valence-electron chi connectivity index (χ1n) is 4.59. The van der Waals surface area contributed by atoms with Crippen molar-refractivity contribution in [1.82, 2.24) is 5.43 Å². The second-order valence-corrected chi connectivity index (χ2v) is 3.35. The van der Waals surface area contributed by atoms with Gasteiger partial charge in [0.1, 0.15) is 5.71 Å². The molecule has 0 fully saturated rings. The molecule has 0 saturated carbocycles. The number of nitrogens with zero attached hydrogens (tertiary/aromatic N) is 1. The predicted octanol–water partition coefficient (Wildman–Crippen LogP) is -0.933. The molecule has 90 valence electrons. The van der Waals surface area contributed by atoms with Crippen LogP contribution >= 0.6 is 0 Å². The molecule has 0 aromatic carbocycles. The summed E-state index contributed by atoms with van der Waals surface area (Å²) in [6.07, 6.45) is 0.0835. The smallest absolute Gasteiger partial charge is 0.354 e. The van der Waals surface area contributed by atoms with E-state index in [1.807, 2.05) is 0 Å². The monoisotopic (exact) mass is 230 g/mol. The Balaban J connectivity index is 2.80. The van der Waals surface area contributed by atoms with Crippen LogP contribution in [0.5, 0.6) is 0 Å². The van der Waals surface area contributed by atoms with Gasteiger partial charge in [0.05, 0.1) is 20.8 Å². The Bertz CT molecular complexity index is 328. The molecule has 0 aliphatic carbocycles. The highest BCUT2D eigenvalue weighted by atomic mass is 16.5. The SMILES string of the molecule is COC[C@@]1(C(=O)OC)CC(C(=O)OC)=NN1. The minimum absolute atomic E-state index is 0.0592. The number of carbonyl (C=O) groups excluding carboxylic acids is 2. The van der Waals surface area contributed by atoms with Crippen molar-refractivity contribution in [2.45, 2.75) is 12.0 Å². The predicted molar refractivity (Wildman–Crippen MR) is 53.8 cm³/mol. The first-order valence-corrected chi connectivity index (χ1v) is 4.59. The molecule has 0 unspecified atom stereocenters. The number of nitrogens with one attached hydrogen (secondary N) is 1. The zero-order valence-corrected chi connectivity index (χ0v) is 9.40. The third kappa shape index (κ3) is 2.13. The average molecular weight is 230 g/mol. The van der Waals surface area contributed by atoms with Crippen LogP contribution in [0.25, 0.3) is 0 Å². The van der Waals surface area contributed by atoms with Gasteiger partial charge in [0.25, 0.3) is 0 Å². The van der Waals surface area contributed by atoms with Crippen LogP contribution in [0.2, 0.25) is 0 Å². The minimum atomic E-state index is -1.13. The van der Waals surface area contributed by atoms with Crippen molar-refractivity contribution in [1.29, 1.82) is 0 Å². The van der Waals surface area contributed by atoms with E-state index >= 15 is 0 Å². The van der Waals surface area contributed by atoms with Gasteiger partial charge in [-0.2, -0.15) is 5.10 Å². The molecule has 1 aliphatic heterocycles. The lowest BCUT2D eigenvalue weighted by Gasteiger charge is -2.24. The number of esters is 2. The van der Waals surface area contributed by atoms with Gasteiger partial charge in [-0.3, -0.25) is 5.43 Å². The van der Waals surface area contributed by atoms with Crippen LogP contribution in [-0.4, -0.2) is 51.1 Å². The van der Waals surface area contributed by atoms with Crippen LogP contribution in [0.1, 0.15) is 6.42 Å². The third-order valence-corrected chi connectivity index (χ3v) is 2.26. The molecule has 7 nitrogen and oxygen atoms in total. The van der Waals surface area contributed by atoms with Crippen molar-refractivity contribution in [2.75, 3.05) is 27.9 Å². The minimum Gasteiger partial charge on any atom is -0.467 e. The summed E-state index contributed by atoms with van der Waals surface area (Å²) in [6.45, 7) is 0.0592. The lowest BCUT2D eigenvalue weighted by atomic mass is 9.95. The topological polar surface area (TPSA) is 86.2 Å². The average Bonchev–Trinajstić information content (AvgIpc) is 2.73. The van der Waals surface area contributed by atoms with E-state index in [1.54, 1.807) is 0 Å². The largest absolute Gasteiger partial charge is 0.467 e. The van der Waals surface area contributed by atoms with E-state index in [0.717, 1.165) is 0 Å². The molecule has 0 aromatic heterocycles. The lowest BCUT2D eigenvalue weighted by molar-refractivity contribution is -0.150. The molecule has 0 aromatic rings. The van der Waals surface area contributed by atoms with Crippen molar-refractivity contribution < 1.29 is 23.8 Å². The van der Waals surface area contributed by atoms with Gasteiger partial charge >= 0.3 is 11.9 Å². The first-order chi connectivity index (χ1) is 7.59. The molecule has 0 spiro atoms. The Morgan fingerprint density at radius 1 is 1.38 bits per heavy atom. The van der Waals surface area contributed by atoms with Crippen LogP contribution in [-0.2, 0) is 23.8 Å². The fourth-order valence-corrected chi connectivity index (χ4v) is 1.48. The number of hydrazone groups is 1. The molecule has 0 radical (unpaired) electrons. The van der Waals surface area contributed by atoms with Crippen molar-refractivity contribution in [3.8, 4) is 0 Å². The van der Waals surface area contributed by atoms with E-state index in [1.165, 1.54) is 21.3 Å². The van der Waals surface area contributed by atoms with Gasteiger partial charge in [0.2, 0.25) is 0 Å². The molecular formula is C9H14N2O5. The maximum Gasteiger partial charge on any atom is 0.354 e. The molecule has 1 rings (SSSR count). The number of carbonyl (C=O) groups is 2. The van der Waals surface area contributed by atoms with Gasteiger partial charge in [0, 0.05) is 13.5 Å². The number of rotatable bonds is 4. The Labute approximate surface area is 92.7 Å². The summed E-state index contributed by atoms with van der Waals surface area (Å²) >= 11 is 0. The van der Waals surface area contributed by atoms with Crippen LogP contribution in [0.3, 0.4) is 0 Å². The zero-order chi connectivity index (χ0) is 12.2. The van der Waals surface area contributed by atoms with E-state index < -0.39 is 17.5 Å². The summed E-state index contributed by atoms with van der Waals surface area (Å²) in [4.78, 5) is 22.8.